The van der Waals surface area contributed by atoms with Crippen molar-refractivity contribution < 1.29 is 23.3 Å². The molecule has 0 aromatic carbocycles. The van der Waals surface area contributed by atoms with Crippen LogP contribution >= 0.6 is 7.82 Å². The van der Waals surface area contributed by atoms with Crippen LogP contribution in [-0.4, -0.2) is 24.4 Å². The molecule has 11 heavy (non-hydrogen) atoms. The van der Waals surface area contributed by atoms with E-state index in [9.17, 15) is 9.36 Å². The van der Waals surface area contributed by atoms with Gasteiger partial charge in [0.1, 0.15) is 12.9 Å². The normalized spacial score (nSPS) is 15.4. The highest BCUT2D eigenvalue weighted by molar-refractivity contribution is 7.47. The molecule has 0 spiro atoms. The fraction of sp³-hybridized carbons (Fsp3) is 0.400. The van der Waals surface area contributed by atoms with E-state index in [0.29, 0.717) is 6.29 Å². The van der Waals surface area contributed by atoms with Crippen LogP contribution in [0.2, 0.25) is 0 Å². The Bertz CT molecular complexity index is 162. The van der Waals surface area contributed by atoms with Crippen LogP contribution in [0, 0.1) is 0 Å². The minimum absolute atomic E-state index is 0.0906. The number of carbonyl (C=O) groups excluding carboxylic acids is 1. The third-order valence-corrected chi connectivity index (χ3v) is 1.61. The Kier molecular flexibility index (Phi) is 4.98. The van der Waals surface area contributed by atoms with Crippen molar-refractivity contribution in [2.75, 3.05) is 13.2 Å². The van der Waals surface area contributed by atoms with Gasteiger partial charge in [-0.2, -0.15) is 0 Å². The summed E-state index contributed by atoms with van der Waals surface area (Å²) in [5.41, 5.74) is 0. The average molecular weight is 180 g/mol. The van der Waals surface area contributed by atoms with Gasteiger partial charge in [-0.05, 0) is 0 Å². The molecular weight excluding hydrogens is 171 g/mol. The Hall–Kier alpha value is -0.480. The highest BCUT2D eigenvalue weighted by atomic mass is 31.2. The van der Waals surface area contributed by atoms with Gasteiger partial charge in [-0.15, -0.1) is 6.58 Å². The molecule has 0 fully saturated rings. The monoisotopic (exact) mass is 180 g/mol. The summed E-state index contributed by atoms with van der Waals surface area (Å²) in [4.78, 5) is 18.4. The predicted molar refractivity (Wildman–Crippen MR) is 38.0 cm³/mol. The first-order valence-corrected chi connectivity index (χ1v) is 4.28. The quantitative estimate of drug-likeness (QED) is 0.366. The number of hydrogen-bond acceptors (Lipinski definition) is 4. The lowest BCUT2D eigenvalue weighted by Gasteiger charge is -2.07. The van der Waals surface area contributed by atoms with Gasteiger partial charge < -0.3 is 9.69 Å². The van der Waals surface area contributed by atoms with E-state index in [1.165, 1.54) is 6.08 Å². The lowest BCUT2D eigenvalue weighted by molar-refractivity contribution is -0.110. The molecule has 0 bridgehead atoms. The largest absolute Gasteiger partial charge is 0.472 e. The van der Waals surface area contributed by atoms with Crippen LogP contribution in [-0.2, 0) is 18.4 Å². The number of aldehydes is 1. The first kappa shape index (κ1) is 10.5. The summed E-state index contributed by atoms with van der Waals surface area (Å²) >= 11 is 0. The van der Waals surface area contributed by atoms with Gasteiger partial charge >= 0.3 is 7.82 Å². The zero-order valence-corrected chi connectivity index (χ0v) is 6.70. The third kappa shape index (κ3) is 5.94. The van der Waals surface area contributed by atoms with Crippen molar-refractivity contribution in [2.45, 2.75) is 0 Å². The summed E-state index contributed by atoms with van der Waals surface area (Å²) in [6.45, 7) is 2.72. The van der Waals surface area contributed by atoms with Crippen molar-refractivity contribution in [1.82, 2.24) is 0 Å². The molecule has 0 saturated carbocycles. The van der Waals surface area contributed by atoms with Crippen LogP contribution in [0.1, 0.15) is 0 Å². The summed E-state index contributed by atoms with van der Waals surface area (Å²) in [5.74, 6) is 0. The second kappa shape index (κ2) is 5.21. The zero-order chi connectivity index (χ0) is 8.74. The molecular formula is C5H9O5P. The van der Waals surface area contributed by atoms with Gasteiger partial charge in [0, 0.05) is 0 Å². The van der Waals surface area contributed by atoms with E-state index >= 15 is 0 Å². The van der Waals surface area contributed by atoms with Gasteiger partial charge in [-0.25, -0.2) is 4.57 Å². The van der Waals surface area contributed by atoms with Crippen molar-refractivity contribution in [2.24, 2.45) is 0 Å². The molecule has 0 radical (unpaired) electrons. The van der Waals surface area contributed by atoms with Gasteiger partial charge in [0.25, 0.3) is 0 Å². The Labute approximate surface area is 64.2 Å². The average Bonchev–Trinajstić information content (AvgIpc) is 1.97. The van der Waals surface area contributed by atoms with Crippen molar-refractivity contribution >= 4 is 14.1 Å². The third-order valence-electron chi connectivity index (χ3n) is 0.661. The summed E-state index contributed by atoms with van der Waals surface area (Å²) < 4.78 is 19.1. The van der Waals surface area contributed by atoms with Crippen molar-refractivity contribution in [3.8, 4) is 0 Å². The maximum absolute atomic E-state index is 10.6. The molecule has 0 aromatic rings. The van der Waals surface area contributed by atoms with Gasteiger partial charge in [0.2, 0.25) is 0 Å². The van der Waals surface area contributed by atoms with E-state index < -0.39 is 14.4 Å². The molecule has 6 heteroatoms. The molecule has 1 N–H and O–H groups in total. The van der Waals surface area contributed by atoms with Crippen molar-refractivity contribution in [3.05, 3.63) is 12.7 Å². The molecule has 0 amide bonds. The van der Waals surface area contributed by atoms with Crippen LogP contribution in [0.15, 0.2) is 12.7 Å². The minimum atomic E-state index is -4.03. The van der Waals surface area contributed by atoms with Crippen LogP contribution in [0.4, 0.5) is 0 Å². The van der Waals surface area contributed by atoms with Crippen molar-refractivity contribution in [3.63, 3.8) is 0 Å². The highest BCUT2D eigenvalue weighted by Crippen LogP contribution is 2.42. The summed E-state index contributed by atoms with van der Waals surface area (Å²) in [7, 11) is -4.03. The van der Waals surface area contributed by atoms with Crippen molar-refractivity contribution in [1.29, 1.82) is 0 Å². The number of carbonyl (C=O) groups is 1. The first-order valence-electron chi connectivity index (χ1n) is 2.79. The van der Waals surface area contributed by atoms with E-state index in [0.717, 1.165) is 0 Å². The maximum atomic E-state index is 10.6. The Morgan fingerprint density at radius 2 is 2.00 bits per heavy atom. The smallest absolute Gasteiger partial charge is 0.302 e. The van der Waals surface area contributed by atoms with Crippen LogP contribution in [0.25, 0.3) is 0 Å². The van der Waals surface area contributed by atoms with Gasteiger partial charge in [0.15, 0.2) is 0 Å². The topological polar surface area (TPSA) is 72.8 Å². The molecule has 1 atom stereocenters. The standard InChI is InChI=1S/C5H9O5P/c1-2-4-9-11(7,8)10-5-3-6/h2-3H,1,4-5H2,(H,7,8). The van der Waals surface area contributed by atoms with E-state index in [2.05, 4.69) is 15.6 Å². The second-order valence-electron chi connectivity index (χ2n) is 1.52. The molecule has 0 saturated heterocycles. The lowest BCUT2D eigenvalue weighted by Crippen LogP contribution is -1.97. The number of rotatable bonds is 6. The predicted octanol–water partition coefficient (Wildman–Crippen LogP) is 0.505. The highest BCUT2D eigenvalue weighted by Gasteiger charge is 2.18. The molecule has 0 aliphatic heterocycles. The van der Waals surface area contributed by atoms with Crippen LogP contribution in [0.5, 0.6) is 0 Å². The van der Waals surface area contributed by atoms with Crippen LogP contribution < -0.4 is 0 Å². The molecule has 0 heterocycles. The SMILES string of the molecule is C=CCOP(=O)(O)OCC=O. The van der Waals surface area contributed by atoms with Gasteiger partial charge in [-0.3, -0.25) is 9.05 Å². The van der Waals surface area contributed by atoms with E-state index in [4.69, 9.17) is 4.89 Å². The first-order chi connectivity index (χ1) is 5.12. The van der Waals surface area contributed by atoms with Crippen LogP contribution in [0.3, 0.4) is 0 Å². The summed E-state index contributed by atoms with van der Waals surface area (Å²) in [5, 5.41) is 0. The molecule has 0 aliphatic carbocycles. The number of phosphoric acid groups is 1. The Morgan fingerprint density at radius 1 is 1.45 bits per heavy atom. The maximum Gasteiger partial charge on any atom is 0.472 e. The molecule has 0 rings (SSSR count). The number of hydrogen-bond donors (Lipinski definition) is 1. The zero-order valence-electron chi connectivity index (χ0n) is 5.80. The fourth-order valence-corrected chi connectivity index (χ4v) is 0.926. The fourth-order valence-electron chi connectivity index (χ4n) is 0.309. The molecule has 5 nitrogen and oxygen atoms in total. The molecule has 64 valence electrons. The van der Waals surface area contributed by atoms with E-state index in [1.54, 1.807) is 0 Å². The van der Waals surface area contributed by atoms with E-state index in [1.807, 2.05) is 0 Å². The summed E-state index contributed by atoms with van der Waals surface area (Å²) in [6.07, 6.45) is 1.66. The van der Waals surface area contributed by atoms with E-state index in [-0.39, 0.29) is 6.61 Å². The number of phosphoric ester groups is 1. The minimum Gasteiger partial charge on any atom is -0.302 e. The molecule has 1 unspecified atom stereocenters. The van der Waals surface area contributed by atoms with Gasteiger partial charge in [0.05, 0.1) is 6.61 Å². The molecule has 0 aliphatic rings. The lowest BCUT2D eigenvalue weighted by atomic mass is 10.7. The van der Waals surface area contributed by atoms with Gasteiger partial charge in [-0.1, -0.05) is 6.08 Å². The summed E-state index contributed by atoms with van der Waals surface area (Å²) in [6, 6.07) is 0. The Morgan fingerprint density at radius 3 is 2.45 bits per heavy atom. The second-order valence-corrected chi connectivity index (χ2v) is 2.97. The molecule has 0 aromatic heterocycles. The Balaban J connectivity index is 3.69.